The van der Waals surface area contributed by atoms with Crippen molar-refractivity contribution in [2.45, 2.75) is 0 Å². The van der Waals surface area contributed by atoms with E-state index in [9.17, 15) is 9.59 Å². The van der Waals surface area contributed by atoms with Gasteiger partial charge in [-0.15, -0.1) is 0 Å². The fraction of sp³-hybridized carbons (Fsp3) is 0.333. The van der Waals surface area contributed by atoms with E-state index in [1.165, 1.54) is 0 Å². The average Bonchev–Trinajstić information content (AvgIpc) is 1.97. The monoisotopic (exact) mass is 180 g/mol. The first-order chi connectivity index (χ1) is 5.16. The summed E-state index contributed by atoms with van der Waals surface area (Å²) in [6, 6.07) is 0. The molecule has 0 unspecified atom stereocenters. The summed E-state index contributed by atoms with van der Waals surface area (Å²) < 4.78 is 0. The molecule has 0 aliphatic heterocycles. The minimum Gasteiger partial charge on any atom is -0.664 e. The van der Waals surface area contributed by atoms with E-state index in [1.54, 1.807) is 0 Å². The average molecular weight is 180 g/mol. The summed E-state index contributed by atoms with van der Waals surface area (Å²) in [7, 11) is 0. The maximum atomic E-state index is 10.6. The fourth-order valence-corrected chi connectivity index (χ4v) is 0.389. The summed E-state index contributed by atoms with van der Waals surface area (Å²) in [5.41, 5.74) is 6.39. The number of carbonyl (C=O) groups excluding carboxylic acids is 2. The Morgan fingerprint density at radius 1 is 1.42 bits per heavy atom. The molecule has 0 saturated heterocycles. The summed E-state index contributed by atoms with van der Waals surface area (Å²) in [5.74, 6) is -1.41. The van der Waals surface area contributed by atoms with Gasteiger partial charge in [-0.3, -0.25) is 4.79 Å². The van der Waals surface area contributed by atoms with Crippen LogP contribution in [0.15, 0.2) is 12.2 Å². The number of hydrogen-bond donors (Lipinski definition) is 2. The first-order valence-electron chi connectivity index (χ1n) is 2.99. The Balaban J connectivity index is 0. The number of aliphatic hydroxyl groups excluding tert-OH is 1. The smallest absolute Gasteiger partial charge is 0.664 e. The van der Waals surface area contributed by atoms with E-state index in [1.807, 2.05) is 0 Å². The molecule has 0 aliphatic carbocycles. The van der Waals surface area contributed by atoms with Crippen LogP contribution in [0.4, 0.5) is 0 Å². The van der Waals surface area contributed by atoms with E-state index in [4.69, 9.17) is 10.8 Å². The Bertz CT molecular complexity index is 182. The van der Waals surface area contributed by atoms with E-state index in [0.717, 1.165) is 12.2 Å². The topological polar surface area (TPSA) is 90.2 Å². The second-order valence-electron chi connectivity index (χ2n) is 1.71. The molecular weight excluding hydrogens is 171 g/mol. The zero-order chi connectivity index (χ0) is 8.69. The van der Waals surface area contributed by atoms with Crippen LogP contribution in [0.1, 0.15) is 0 Å². The van der Waals surface area contributed by atoms with Crippen LogP contribution in [0, 0.1) is 0 Å². The first-order valence-corrected chi connectivity index (χ1v) is 2.99. The van der Waals surface area contributed by atoms with Gasteiger partial charge in [-0.25, -0.2) is 0 Å². The van der Waals surface area contributed by atoms with Crippen LogP contribution < -0.4 is 34.9 Å². The molecule has 0 atom stereocenters. The van der Waals surface area contributed by atoms with Gasteiger partial charge >= 0.3 is 29.6 Å². The number of nitrogens with one attached hydrogen (secondary N) is 2. The van der Waals surface area contributed by atoms with E-state index < -0.39 is 11.8 Å². The van der Waals surface area contributed by atoms with E-state index in [2.05, 4.69) is 5.32 Å². The quantitative estimate of drug-likeness (QED) is 0.344. The number of hydrogen-bond acceptors (Lipinski definition) is 3. The molecule has 0 heterocycles. The second-order valence-corrected chi connectivity index (χ2v) is 1.71. The molecule has 0 spiro atoms. The van der Waals surface area contributed by atoms with Gasteiger partial charge < -0.3 is 21.0 Å². The summed E-state index contributed by atoms with van der Waals surface area (Å²) in [5, 5.41) is 10.5. The molecule has 6 heteroatoms. The van der Waals surface area contributed by atoms with Crippen LogP contribution in [-0.2, 0) is 9.59 Å². The molecule has 0 radical (unpaired) electrons. The predicted octanol–water partition coefficient (Wildman–Crippen LogP) is -3.77. The Kier molecular flexibility index (Phi) is 10.3. The van der Waals surface area contributed by atoms with E-state index >= 15 is 0 Å². The number of carbonyl (C=O) groups is 2. The van der Waals surface area contributed by atoms with Gasteiger partial charge in [0, 0.05) is 12.6 Å². The molecule has 0 bridgehead atoms. The van der Waals surface area contributed by atoms with Gasteiger partial charge in [0.15, 0.2) is 0 Å². The first kappa shape index (κ1) is 14.2. The third-order valence-electron chi connectivity index (χ3n) is 0.797. The van der Waals surface area contributed by atoms with Gasteiger partial charge in [-0.2, -0.15) is 0 Å². The van der Waals surface area contributed by atoms with Crippen LogP contribution in [0.5, 0.6) is 0 Å². The van der Waals surface area contributed by atoms with E-state index in [0.29, 0.717) is 0 Å². The third kappa shape index (κ3) is 9.64. The maximum Gasteiger partial charge on any atom is 1.00 e. The Labute approximate surface area is 92.3 Å². The molecule has 62 valence electrons. The fourth-order valence-electron chi connectivity index (χ4n) is 0.389. The number of amides is 2. The van der Waals surface area contributed by atoms with Crippen molar-refractivity contribution >= 4 is 11.8 Å². The van der Waals surface area contributed by atoms with Crippen molar-refractivity contribution in [3.63, 3.8) is 0 Å². The van der Waals surface area contributed by atoms with Crippen molar-refractivity contribution in [1.29, 1.82) is 0 Å². The Morgan fingerprint density at radius 3 is 2.42 bits per heavy atom. The van der Waals surface area contributed by atoms with Crippen molar-refractivity contribution in [1.82, 2.24) is 5.32 Å². The zero-order valence-electron chi connectivity index (χ0n) is 6.83. The minimum absolute atomic E-state index is 0. The standard InChI is InChI=1S/C6H10N2O3.Na/c7-5(10)1-2-6(11)8-3-4-9;/h1-2,9H,3-4H2,(H3,7,8,10,11);/q;+1/p-1/b2-1-;. The van der Waals surface area contributed by atoms with Crippen molar-refractivity contribution in [3.8, 4) is 0 Å². The van der Waals surface area contributed by atoms with Gasteiger partial charge in [0.1, 0.15) is 0 Å². The minimum atomic E-state index is -0.927. The maximum absolute atomic E-state index is 10.6. The molecular formula is C6H9N2NaO3. The van der Waals surface area contributed by atoms with Crippen molar-refractivity contribution in [2.75, 3.05) is 13.2 Å². The number of aliphatic hydroxyl groups is 1. The van der Waals surface area contributed by atoms with Crippen LogP contribution in [-0.4, -0.2) is 30.1 Å². The van der Waals surface area contributed by atoms with Crippen LogP contribution in [0.2, 0.25) is 0 Å². The molecule has 2 amide bonds. The van der Waals surface area contributed by atoms with Crippen molar-refractivity contribution in [3.05, 3.63) is 17.9 Å². The molecule has 5 nitrogen and oxygen atoms in total. The largest absolute Gasteiger partial charge is 1.00 e. The molecule has 0 aliphatic rings. The van der Waals surface area contributed by atoms with Crippen molar-refractivity contribution < 1.29 is 44.3 Å². The summed E-state index contributed by atoms with van der Waals surface area (Å²) in [6.07, 6.45) is 1.79. The van der Waals surface area contributed by atoms with Gasteiger partial charge in [-0.05, 0) is 6.08 Å². The van der Waals surface area contributed by atoms with E-state index in [-0.39, 0.29) is 42.7 Å². The molecule has 0 aromatic carbocycles. The summed E-state index contributed by atoms with van der Waals surface area (Å²) in [6.45, 7) is 0.00374. The molecule has 0 rings (SSSR count). The van der Waals surface area contributed by atoms with Crippen LogP contribution in [0.25, 0.3) is 5.73 Å². The Hall–Kier alpha value is -0.360. The summed E-state index contributed by atoms with van der Waals surface area (Å²) in [4.78, 5) is 20.5. The molecule has 0 aromatic rings. The predicted molar refractivity (Wildman–Crippen MR) is 38.6 cm³/mol. The normalized spacial score (nSPS) is 9.08. The molecule has 0 saturated carbocycles. The zero-order valence-corrected chi connectivity index (χ0v) is 8.83. The van der Waals surface area contributed by atoms with Crippen LogP contribution in [0.3, 0.4) is 0 Å². The summed E-state index contributed by atoms with van der Waals surface area (Å²) >= 11 is 0. The number of rotatable bonds is 4. The Morgan fingerprint density at radius 2 is 2.00 bits per heavy atom. The molecule has 3 N–H and O–H groups in total. The molecule has 0 aromatic heterocycles. The van der Waals surface area contributed by atoms with Gasteiger partial charge in [0.05, 0.1) is 12.5 Å². The SMILES string of the molecule is [NH-]C(=O)/C=C\C(=O)NCCO.[Na+]. The van der Waals surface area contributed by atoms with Gasteiger partial charge in [-0.1, -0.05) is 0 Å². The molecule has 12 heavy (non-hydrogen) atoms. The van der Waals surface area contributed by atoms with Crippen molar-refractivity contribution in [2.24, 2.45) is 0 Å². The second kappa shape index (κ2) is 8.73. The third-order valence-corrected chi connectivity index (χ3v) is 0.797. The van der Waals surface area contributed by atoms with Gasteiger partial charge in [0.25, 0.3) is 0 Å². The van der Waals surface area contributed by atoms with Crippen LogP contribution >= 0.6 is 0 Å². The molecule has 0 fully saturated rings. The van der Waals surface area contributed by atoms with Gasteiger partial charge in [0.2, 0.25) is 5.91 Å².